The second kappa shape index (κ2) is 3.79. The summed E-state index contributed by atoms with van der Waals surface area (Å²) < 4.78 is 2.32. The lowest BCUT2D eigenvalue weighted by molar-refractivity contribution is 0.319. The van der Waals surface area contributed by atoms with E-state index in [9.17, 15) is 0 Å². The Bertz CT molecular complexity index is 207. The van der Waals surface area contributed by atoms with Crippen LogP contribution in [0, 0.1) is 5.92 Å². The van der Waals surface area contributed by atoms with E-state index in [-0.39, 0.29) is 0 Å². The van der Waals surface area contributed by atoms with Gasteiger partial charge in [-0.2, -0.15) is 0 Å². The average molecular weight is 163 g/mol. The smallest absolute Gasteiger partial charge is 0.0247 e. The van der Waals surface area contributed by atoms with Gasteiger partial charge in [0.2, 0.25) is 0 Å². The maximum Gasteiger partial charge on any atom is 0.0247 e. The normalized spacial score (nSPS) is 19.7. The predicted molar refractivity (Wildman–Crippen MR) is 51.0 cm³/mol. The third-order valence-electron chi connectivity index (χ3n) is 2.86. The minimum atomic E-state index is 0.950. The molecule has 66 valence electrons. The zero-order chi connectivity index (χ0) is 8.23. The van der Waals surface area contributed by atoms with Crippen LogP contribution in [0.5, 0.6) is 0 Å². The van der Waals surface area contributed by atoms with Crippen LogP contribution in [0.4, 0.5) is 0 Å². The third kappa shape index (κ3) is 1.90. The molecule has 0 spiro atoms. The summed E-state index contributed by atoms with van der Waals surface area (Å²) in [6, 6.07) is 4.23. The fraction of sp³-hybridized carbons (Fsp3) is 0.636. The zero-order valence-corrected chi connectivity index (χ0v) is 7.58. The summed E-state index contributed by atoms with van der Waals surface area (Å²) in [6.07, 6.45) is 11.6. The molecule has 1 heterocycles. The molecule has 0 radical (unpaired) electrons. The highest BCUT2D eigenvalue weighted by Crippen LogP contribution is 2.24. The molecule has 12 heavy (non-hydrogen) atoms. The van der Waals surface area contributed by atoms with E-state index in [2.05, 4.69) is 29.1 Å². The first kappa shape index (κ1) is 7.90. The predicted octanol–water partition coefficient (Wildman–Crippen LogP) is 3.07. The van der Waals surface area contributed by atoms with Crippen LogP contribution < -0.4 is 0 Å². The van der Waals surface area contributed by atoms with Gasteiger partial charge in [-0.05, 0) is 30.9 Å². The van der Waals surface area contributed by atoms with Crippen LogP contribution in [0.15, 0.2) is 24.5 Å². The molecule has 0 atom stereocenters. The Labute approximate surface area is 74.4 Å². The van der Waals surface area contributed by atoms with Gasteiger partial charge in [-0.3, -0.25) is 0 Å². The van der Waals surface area contributed by atoms with E-state index in [1.165, 1.54) is 38.6 Å². The molecule has 1 heteroatoms. The standard InChI is InChI=1S/C11H17N/c1-2-6-11(7-3-1)10-12-8-4-5-9-12/h4-5,8-9,11H,1-3,6-7,10H2. The second-order valence-electron chi connectivity index (χ2n) is 3.88. The highest BCUT2D eigenvalue weighted by atomic mass is 14.9. The highest BCUT2D eigenvalue weighted by molar-refractivity contribution is 4.90. The second-order valence-corrected chi connectivity index (χ2v) is 3.88. The van der Waals surface area contributed by atoms with Crippen LogP contribution in [0.25, 0.3) is 0 Å². The Morgan fingerprint density at radius 2 is 1.67 bits per heavy atom. The van der Waals surface area contributed by atoms with Gasteiger partial charge in [-0.15, -0.1) is 0 Å². The van der Waals surface area contributed by atoms with Crippen molar-refractivity contribution >= 4 is 0 Å². The van der Waals surface area contributed by atoms with E-state index in [0.717, 1.165) is 5.92 Å². The Balaban J connectivity index is 1.86. The van der Waals surface area contributed by atoms with Gasteiger partial charge >= 0.3 is 0 Å². The minimum absolute atomic E-state index is 0.950. The van der Waals surface area contributed by atoms with Crippen molar-refractivity contribution in [1.29, 1.82) is 0 Å². The summed E-state index contributed by atoms with van der Waals surface area (Å²) in [5.74, 6) is 0.950. The number of nitrogens with zero attached hydrogens (tertiary/aromatic N) is 1. The lowest BCUT2D eigenvalue weighted by Gasteiger charge is -2.21. The van der Waals surface area contributed by atoms with Gasteiger partial charge in [0, 0.05) is 18.9 Å². The average Bonchev–Trinajstić information content (AvgIpc) is 2.59. The molecule has 2 rings (SSSR count). The quantitative estimate of drug-likeness (QED) is 0.631. The van der Waals surface area contributed by atoms with Crippen molar-refractivity contribution < 1.29 is 0 Å². The van der Waals surface area contributed by atoms with Crippen molar-refractivity contribution in [3.8, 4) is 0 Å². The Kier molecular flexibility index (Phi) is 2.50. The van der Waals surface area contributed by atoms with E-state index in [1.54, 1.807) is 0 Å². The fourth-order valence-corrected chi connectivity index (χ4v) is 2.16. The maximum absolute atomic E-state index is 2.32. The molecule has 1 nitrogen and oxygen atoms in total. The van der Waals surface area contributed by atoms with E-state index in [1.807, 2.05) is 0 Å². The first-order chi connectivity index (χ1) is 5.95. The molecule has 1 saturated carbocycles. The number of hydrogen-bond donors (Lipinski definition) is 0. The minimum Gasteiger partial charge on any atom is -0.354 e. The monoisotopic (exact) mass is 163 g/mol. The summed E-state index contributed by atoms with van der Waals surface area (Å²) in [5.41, 5.74) is 0. The summed E-state index contributed by atoms with van der Waals surface area (Å²) in [7, 11) is 0. The molecule has 1 aliphatic carbocycles. The Hall–Kier alpha value is -0.720. The van der Waals surface area contributed by atoms with E-state index in [4.69, 9.17) is 0 Å². The van der Waals surface area contributed by atoms with Crippen LogP contribution in [-0.2, 0) is 6.54 Å². The molecular formula is C11H17N. The molecule has 0 N–H and O–H groups in total. The van der Waals surface area contributed by atoms with Crippen molar-refractivity contribution in [3.63, 3.8) is 0 Å². The number of aromatic nitrogens is 1. The molecule has 1 aromatic heterocycles. The largest absolute Gasteiger partial charge is 0.354 e. The third-order valence-corrected chi connectivity index (χ3v) is 2.86. The molecule has 0 aromatic carbocycles. The molecule has 1 aliphatic rings. The topological polar surface area (TPSA) is 4.93 Å². The number of hydrogen-bond acceptors (Lipinski definition) is 0. The molecule has 1 fully saturated rings. The first-order valence-corrected chi connectivity index (χ1v) is 5.06. The van der Waals surface area contributed by atoms with Gasteiger partial charge in [-0.25, -0.2) is 0 Å². The summed E-state index contributed by atoms with van der Waals surface area (Å²) in [4.78, 5) is 0. The first-order valence-electron chi connectivity index (χ1n) is 5.06. The zero-order valence-electron chi connectivity index (χ0n) is 7.58. The molecular weight excluding hydrogens is 146 g/mol. The summed E-state index contributed by atoms with van der Waals surface area (Å²) in [6.45, 7) is 1.24. The molecule has 0 amide bonds. The van der Waals surface area contributed by atoms with Gasteiger partial charge in [-0.1, -0.05) is 19.3 Å². The van der Waals surface area contributed by atoms with Crippen LogP contribution in [-0.4, -0.2) is 4.57 Å². The van der Waals surface area contributed by atoms with Gasteiger partial charge in [0.05, 0.1) is 0 Å². The Morgan fingerprint density at radius 1 is 1.00 bits per heavy atom. The summed E-state index contributed by atoms with van der Waals surface area (Å²) >= 11 is 0. The number of rotatable bonds is 2. The van der Waals surface area contributed by atoms with E-state index >= 15 is 0 Å². The van der Waals surface area contributed by atoms with E-state index < -0.39 is 0 Å². The van der Waals surface area contributed by atoms with Gasteiger partial charge in [0.1, 0.15) is 0 Å². The van der Waals surface area contributed by atoms with Crippen molar-refractivity contribution in [2.75, 3.05) is 0 Å². The highest BCUT2D eigenvalue weighted by Gasteiger charge is 2.12. The van der Waals surface area contributed by atoms with Crippen molar-refractivity contribution in [2.45, 2.75) is 38.6 Å². The maximum atomic E-state index is 2.32. The van der Waals surface area contributed by atoms with Crippen molar-refractivity contribution in [3.05, 3.63) is 24.5 Å². The molecule has 0 aliphatic heterocycles. The molecule has 1 aromatic rings. The van der Waals surface area contributed by atoms with Crippen LogP contribution >= 0.6 is 0 Å². The van der Waals surface area contributed by atoms with Crippen molar-refractivity contribution in [2.24, 2.45) is 5.92 Å². The summed E-state index contributed by atoms with van der Waals surface area (Å²) in [5, 5.41) is 0. The lowest BCUT2D eigenvalue weighted by atomic mass is 9.89. The SMILES string of the molecule is c1ccn(CC2CCCCC2)c1. The molecule has 0 bridgehead atoms. The van der Waals surface area contributed by atoms with Gasteiger partial charge < -0.3 is 4.57 Å². The van der Waals surface area contributed by atoms with Gasteiger partial charge in [0.25, 0.3) is 0 Å². The van der Waals surface area contributed by atoms with Crippen LogP contribution in [0.2, 0.25) is 0 Å². The van der Waals surface area contributed by atoms with Crippen LogP contribution in [0.1, 0.15) is 32.1 Å². The van der Waals surface area contributed by atoms with E-state index in [0.29, 0.717) is 0 Å². The Morgan fingerprint density at radius 3 is 2.33 bits per heavy atom. The van der Waals surface area contributed by atoms with Crippen LogP contribution in [0.3, 0.4) is 0 Å². The van der Waals surface area contributed by atoms with Gasteiger partial charge in [0.15, 0.2) is 0 Å². The molecule has 0 unspecified atom stereocenters. The van der Waals surface area contributed by atoms with Crippen molar-refractivity contribution in [1.82, 2.24) is 4.57 Å². The fourth-order valence-electron chi connectivity index (χ4n) is 2.16. The molecule has 0 saturated heterocycles. The lowest BCUT2D eigenvalue weighted by Crippen LogP contribution is -2.12.